The summed E-state index contributed by atoms with van der Waals surface area (Å²) in [6, 6.07) is 16.4. The Bertz CT molecular complexity index is 949. The Hall–Kier alpha value is -2.66. The van der Waals surface area contributed by atoms with Crippen LogP contribution < -0.4 is 4.74 Å². The Balaban J connectivity index is 1.45. The lowest BCUT2D eigenvalue weighted by Crippen LogP contribution is -2.42. The van der Waals surface area contributed by atoms with Crippen molar-refractivity contribution >= 4 is 11.8 Å². The molecule has 2 aromatic carbocycles. The minimum absolute atomic E-state index is 0.0750. The van der Waals surface area contributed by atoms with E-state index in [2.05, 4.69) is 35.2 Å². The zero-order valence-electron chi connectivity index (χ0n) is 19.1. The Kier molecular flexibility index (Phi) is 6.95. The van der Waals surface area contributed by atoms with Crippen LogP contribution in [0.1, 0.15) is 59.5 Å². The molecule has 0 N–H and O–H groups in total. The van der Waals surface area contributed by atoms with Crippen LogP contribution in [0, 0.1) is 5.41 Å². The summed E-state index contributed by atoms with van der Waals surface area (Å²) in [4.78, 5) is 28.4. The van der Waals surface area contributed by atoms with E-state index in [-0.39, 0.29) is 18.2 Å². The molecule has 1 aliphatic heterocycles. The normalized spacial score (nSPS) is 21.8. The van der Waals surface area contributed by atoms with E-state index in [0.717, 1.165) is 55.8 Å². The second-order valence-electron chi connectivity index (χ2n) is 9.16. The second-order valence-corrected chi connectivity index (χ2v) is 9.16. The molecule has 2 aromatic rings. The fourth-order valence-electron chi connectivity index (χ4n) is 5.33. The third-order valence-electron chi connectivity index (χ3n) is 7.39. The maximum absolute atomic E-state index is 13.6. The van der Waals surface area contributed by atoms with Crippen LogP contribution >= 0.6 is 0 Å². The quantitative estimate of drug-likeness (QED) is 0.593. The summed E-state index contributed by atoms with van der Waals surface area (Å²) in [5.74, 6) is 1.14. The minimum Gasteiger partial charge on any atom is -0.497 e. The number of aryl methyl sites for hydroxylation is 1. The maximum atomic E-state index is 13.6. The fourth-order valence-corrected chi connectivity index (χ4v) is 5.33. The van der Waals surface area contributed by atoms with Gasteiger partial charge in [-0.15, -0.1) is 0 Å². The van der Waals surface area contributed by atoms with Gasteiger partial charge in [0.2, 0.25) is 0 Å². The number of ether oxygens (including phenoxy) is 2. The molecule has 32 heavy (non-hydrogen) atoms. The first-order valence-electron chi connectivity index (χ1n) is 11.6. The van der Waals surface area contributed by atoms with Crippen molar-refractivity contribution in [2.75, 3.05) is 33.9 Å². The summed E-state index contributed by atoms with van der Waals surface area (Å²) in [5.41, 5.74) is 2.47. The molecule has 5 heteroatoms. The number of fused-ring (bicyclic) bond motifs is 1. The standard InChI is InChI=1S/C27H33NO4/c1-31-23-8-9-24-22(18-23)10-13-27(26(24)30,19-25(29)32-2)14-17-28-15-11-21(12-16-28)20-6-4-3-5-7-20/h3-9,18,21H,10-17,19H2,1-2H3. The lowest BCUT2D eigenvalue weighted by atomic mass is 9.66. The van der Waals surface area contributed by atoms with Crippen LogP contribution in [-0.2, 0) is 16.0 Å². The van der Waals surface area contributed by atoms with Crippen LogP contribution in [0.3, 0.4) is 0 Å². The number of nitrogens with zero attached hydrogens (tertiary/aromatic N) is 1. The van der Waals surface area contributed by atoms with Crippen molar-refractivity contribution in [2.24, 2.45) is 5.41 Å². The maximum Gasteiger partial charge on any atom is 0.306 e. The Morgan fingerprint density at radius 2 is 1.84 bits per heavy atom. The summed E-state index contributed by atoms with van der Waals surface area (Å²) in [7, 11) is 3.03. The van der Waals surface area contributed by atoms with E-state index >= 15 is 0 Å². The molecule has 1 unspecified atom stereocenters. The summed E-state index contributed by atoms with van der Waals surface area (Å²) < 4.78 is 10.3. The highest BCUT2D eigenvalue weighted by molar-refractivity contribution is 6.04. The van der Waals surface area contributed by atoms with Gasteiger partial charge in [-0.05, 0) is 87.0 Å². The largest absolute Gasteiger partial charge is 0.497 e. The summed E-state index contributed by atoms with van der Waals surface area (Å²) in [5, 5.41) is 0. The van der Waals surface area contributed by atoms with Gasteiger partial charge in [-0.3, -0.25) is 9.59 Å². The van der Waals surface area contributed by atoms with Gasteiger partial charge in [-0.2, -0.15) is 0 Å². The molecule has 2 aliphatic rings. The van der Waals surface area contributed by atoms with Crippen molar-refractivity contribution in [1.82, 2.24) is 4.90 Å². The number of likely N-dealkylation sites (tertiary alicyclic amines) is 1. The molecule has 170 valence electrons. The number of methoxy groups -OCH3 is 2. The molecular weight excluding hydrogens is 402 g/mol. The first-order chi connectivity index (χ1) is 15.5. The highest BCUT2D eigenvalue weighted by Gasteiger charge is 2.44. The summed E-state index contributed by atoms with van der Waals surface area (Å²) >= 11 is 0. The Morgan fingerprint density at radius 3 is 2.53 bits per heavy atom. The van der Waals surface area contributed by atoms with Crippen molar-refractivity contribution in [3.05, 3.63) is 65.2 Å². The van der Waals surface area contributed by atoms with Gasteiger partial charge < -0.3 is 14.4 Å². The number of benzene rings is 2. The number of ketones is 1. The van der Waals surface area contributed by atoms with Crippen LogP contribution in [0.15, 0.2) is 48.5 Å². The number of piperidine rings is 1. The van der Waals surface area contributed by atoms with E-state index in [0.29, 0.717) is 18.8 Å². The number of hydrogen-bond donors (Lipinski definition) is 0. The van der Waals surface area contributed by atoms with Crippen LogP contribution in [0.4, 0.5) is 0 Å². The molecule has 0 amide bonds. The SMILES string of the molecule is COC(=O)CC1(CCN2CCC(c3ccccc3)CC2)CCc2cc(OC)ccc2C1=O. The lowest BCUT2D eigenvalue weighted by molar-refractivity contribution is -0.143. The number of hydrogen-bond acceptors (Lipinski definition) is 5. The molecule has 1 saturated heterocycles. The van der Waals surface area contributed by atoms with Gasteiger partial charge in [0.15, 0.2) is 5.78 Å². The molecule has 0 radical (unpaired) electrons. The summed E-state index contributed by atoms with van der Waals surface area (Å²) in [6.45, 7) is 2.88. The third kappa shape index (κ3) is 4.73. The minimum atomic E-state index is -0.690. The van der Waals surface area contributed by atoms with E-state index in [1.807, 2.05) is 18.2 Å². The van der Waals surface area contributed by atoms with Crippen LogP contribution in [0.2, 0.25) is 0 Å². The predicted octanol–water partition coefficient (Wildman–Crippen LogP) is 4.64. The third-order valence-corrected chi connectivity index (χ3v) is 7.39. The molecule has 0 spiro atoms. The predicted molar refractivity (Wildman–Crippen MR) is 124 cm³/mol. The Morgan fingerprint density at radius 1 is 1.09 bits per heavy atom. The van der Waals surface area contributed by atoms with Gasteiger partial charge >= 0.3 is 5.97 Å². The molecule has 0 bridgehead atoms. The van der Waals surface area contributed by atoms with Crippen molar-refractivity contribution in [3.8, 4) is 5.75 Å². The zero-order valence-corrected chi connectivity index (χ0v) is 19.1. The fraction of sp³-hybridized carbons (Fsp3) is 0.481. The summed E-state index contributed by atoms with van der Waals surface area (Å²) in [6.07, 6.45) is 4.53. The van der Waals surface area contributed by atoms with Crippen molar-refractivity contribution in [1.29, 1.82) is 0 Å². The molecule has 1 fully saturated rings. The smallest absolute Gasteiger partial charge is 0.306 e. The highest BCUT2D eigenvalue weighted by atomic mass is 16.5. The van der Waals surface area contributed by atoms with Gasteiger partial charge in [0.05, 0.1) is 20.6 Å². The van der Waals surface area contributed by atoms with E-state index in [1.54, 1.807) is 7.11 Å². The molecule has 4 rings (SSSR count). The molecule has 0 saturated carbocycles. The van der Waals surface area contributed by atoms with Gasteiger partial charge in [-0.25, -0.2) is 0 Å². The van der Waals surface area contributed by atoms with Crippen LogP contribution in [0.25, 0.3) is 0 Å². The monoisotopic (exact) mass is 435 g/mol. The number of rotatable bonds is 7. The van der Waals surface area contributed by atoms with Crippen molar-refractivity contribution < 1.29 is 19.1 Å². The number of carbonyl (C=O) groups excluding carboxylic acids is 2. The van der Waals surface area contributed by atoms with Crippen LogP contribution in [0.5, 0.6) is 5.75 Å². The topological polar surface area (TPSA) is 55.8 Å². The van der Waals surface area contributed by atoms with Gasteiger partial charge in [-0.1, -0.05) is 30.3 Å². The molecular formula is C27H33NO4. The molecule has 1 atom stereocenters. The average molecular weight is 436 g/mol. The molecule has 1 aliphatic carbocycles. The Labute approximate surface area is 190 Å². The van der Waals surface area contributed by atoms with Gasteiger partial charge in [0.25, 0.3) is 0 Å². The molecule has 1 heterocycles. The zero-order chi connectivity index (χ0) is 22.6. The van der Waals surface area contributed by atoms with E-state index in [9.17, 15) is 9.59 Å². The second kappa shape index (κ2) is 9.86. The van der Waals surface area contributed by atoms with E-state index in [1.165, 1.54) is 12.7 Å². The first-order valence-corrected chi connectivity index (χ1v) is 11.6. The number of esters is 1. The average Bonchev–Trinajstić information content (AvgIpc) is 2.85. The van der Waals surface area contributed by atoms with Gasteiger partial charge in [0, 0.05) is 11.0 Å². The number of Topliss-reactive ketones (excluding diaryl/α,β-unsaturated/α-hetero) is 1. The molecule has 0 aromatic heterocycles. The van der Waals surface area contributed by atoms with Gasteiger partial charge in [0.1, 0.15) is 5.75 Å². The van der Waals surface area contributed by atoms with E-state index in [4.69, 9.17) is 9.47 Å². The van der Waals surface area contributed by atoms with E-state index < -0.39 is 5.41 Å². The first kappa shape index (κ1) is 22.5. The lowest BCUT2D eigenvalue weighted by Gasteiger charge is -2.39. The van der Waals surface area contributed by atoms with Crippen LogP contribution in [-0.4, -0.2) is 50.5 Å². The highest BCUT2D eigenvalue weighted by Crippen LogP contribution is 2.43. The van der Waals surface area contributed by atoms with Crippen molar-refractivity contribution in [3.63, 3.8) is 0 Å². The number of carbonyl (C=O) groups is 2. The van der Waals surface area contributed by atoms with Crippen molar-refractivity contribution in [2.45, 2.75) is 44.4 Å². The molecule has 5 nitrogen and oxygen atoms in total.